The molecule has 1 spiro atoms. The third kappa shape index (κ3) is 2.49. The maximum Gasteiger partial charge on any atom is 0.275 e. The minimum Gasteiger partial charge on any atom is -0.384 e. The number of nitrogen functional groups attached to an aromatic ring is 1. The third-order valence-corrected chi connectivity index (χ3v) is 5.99. The number of nitrogens with zero attached hydrogens (tertiary/aromatic N) is 3. The molecule has 0 aromatic carbocycles. The van der Waals surface area contributed by atoms with Crippen LogP contribution in [0.4, 0.5) is 17.3 Å². The van der Waals surface area contributed by atoms with Gasteiger partial charge < -0.3 is 11.1 Å². The fraction of sp³-hybridized carbons (Fsp3) is 0.400. The summed E-state index contributed by atoms with van der Waals surface area (Å²) < 4.78 is 1.72. The van der Waals surface area contributed by atoms with Gasteiger partial charge in [-0.05, 0) is 49.7 Å². The van der Waals surface area contributed by atoms with Crippen LogP contribution in [0.3, 0.4) is 0 Å². The Bertz CT molecular complexity index is 1050. The second kappa shape index (κ2) is 5.52. The number of hydrogen-bond donors (Lipinski definition) is 2. The second-order valence-electron chi connectivity index (χ2n) is 7.95. The Morgan fingerprint density at radius 1 is 1.26 bits per heavy atom. The number of nitrogens with two attached hydrogens (primary N) is 1. The van der Waals surface area contributed by atoms with Gasteiger partial charge in [-0.2, -0.15) is 0 Å². The first kappa shape index (κ1) is 16.2. The van der Waals surface area contributed by atoms with Gasteiger partial charge in [0, 0.05) is 12.5 Å². The quantitative estimate of drug-likeness (QED) is 0.813. The summed E-state index contributed by atoms with van der Waals surface area (Å²) in [5.74, 6) is 2.00. The molecule has 138 valence electrons. The van der Waals surface area contributed by atoms with Crippen LogP contribution in [-0.2, 0) is 5.54 Å². The number of anilines is 3. The number of aryl methyl sites for hydroxylation is 1. The number of allylic oxidation sites excluding steroid dienone is 2. The summed E-state index contributed by atoms with van der Waals surface area (Å²) in [5.41, 5.74) is 6.71. The molecule has 2 aromatic rings. The van der Waals surface area contributed by atoms with Gasteiger partial charge in [0.05, 0.1) is 11.2 Å². The molecule has 0 radical (unpaired) electrons. The minimum atomic E-state index is -0.524. The van der Waals surface area contributed by atoms with E-state index >= 15 is 0 Å². The summed E-state index contributed by atoms with van der Waals surface area (Å²) in [6, 6.07) is 3.30. The molecule has 0 bridgehead atoms. The van der Waals surface area contributed by atoms with E-state index in [0.29, 0.717) is 41.3 Å². The van der Waals surface area contributed by atoms with Crippen LogP contribution in [0, 0.1) is 18.8 Å². The van der Waals surface area contributed by atoms with Crippen molar-refractivity contribution in [2.45, 2.75) is 38.1 Å². The standard InChI is InChI=1S/C20H21N5O2/c1-11-6-14(24-17-7-16(21)22-10-23-17)19(27)25-18(11)15(26)9-20(25)5-4-13(8-20)12-2-3-12/h4-7,10,12-13H,2-3,8-9H2,1H3,(H3,21,22,23,24). The zero-order valence-corrected chi connectivity index (χ0v) is 15.1. The topological polar surface area (TPSA) is 103 Å². The van der Waals surface area contributed by atoms with E-state index in [1.807, 2.05) is 6.92 Å². The molecule has 3 aliphatic rings. The van der Waals surface area contributed by atoms with Crippen molar-refractivity contribution in [2.24, 2.45) is 11.8 Å². The molecule has 7 nitrogen and oxygen atoms in total. The summed E-state index contributed by atoms with van der Waals surface area (Å²) in [5, 5.41) is 3.05. The summed E-state index contributed by atoms with van der Waals surface area (Å²) in [4.78, 5) is 34.1. The van der Waals surface area contributed by atoms with Gasteiger partial charge in [-0.3, -0.25) is 14.2 Å². The number of aromatic nitrogens is 3. The molecule has 1 fully saturated rings. The highest BCUT2D eigenvalue weighted by Gasteiger charge is 2.49. The second-order valence-corrected chi connectivity index (χ2v) is 7.95. The van der Waals surface area contributed by atoms with Crippen molar-refractivity contribution < 1.29 is 4.79 Å². The number of pyridine rings is 1. The Balaban J connectivity index is 1.60. The lowest BCUT2D eigenvalue weighted by molar-refractivity contribution is 0.0977. The first-order valence-electron chi connectivity index (χ1n) is 9.31. The van der Waals surface area contributed by atoms with Crippen LogP contribution >= 0.6 is 0 Å². The summed E-state index contributed by atoms with van der Waals surface area (Å²) >= 11 is 0. The van der Waals surface area contributed by atoms with E-state index in [1.54, 1.807) is 16.7 Å². The van der Waals surface area contributed by atoms with Crippen LogP contribution in [0.1, 0.15) is 41.7 Å². The highest BCUT2D eigenvalue weighted by Crippen LogP contribution is 2.50. The Labute approximate surface area is 156 Å². The largest absolute Gasteiger partial charge is 0.384 e. The number of hydrogen-bond acceptors (Lipinski definition) is 6. The van der Waals surface area contributed by atoms with E-state index in [1.165, 1.54) is 19.2 Å². The van der Waals surface area contributed by atoms with Crippen molar-refractivity contribution in [3.05, 3.63) is 52.2 Å². The van der Waals surface area contributed by atoms with Gasteiger partial charge in [-0.25, -0.2) is 9.97 Å². The minimum absolute atomic E-state index is 0.0449. The van der Waals surface area contributed by atoms with Crippen LogP contribution < -0.4 is 16.6 Å². The number of nitrogens with one attached hydrogen (secondary N) is 1. The molecule has 0 amide bonds. The number of ketones is 1. The van der Waals surface area contributed by atoms with Gasteiger partial charge in [-0.1, -0.05) is 12.2 Å². The van der Waals surface area contributed by atoms with Crippen molar-refractivity contribution in [3.8, 4) is 0 Å². The lowest BCUT2D eigenvalue weighted by Gasteiger charge is -2.26. The van der Waals surface area contributed by atoms with Crippen molar-refractivity contribution in [3.63, 3.8) is 0 Å². The lowest BCUT2D eigenvalue weighted by atomic mass is 9.90. The molecule has 3 heterocycles. The first-order valence-corrected chi connectivity index (χ1v) is 9.31. The van der Waals surface area contributed by atoms with E-state index in [0.717, 1.165) is 12.0 Å². The number of carbonyl (C=O) groups is 1. The summed E-state index contributed by atoms with van der Waals surface area (Å²) in [7, 11) is 0. The predicted molar refractivity (Wildman–Crippen MR) is 102 cm³/mol. The van der Waals surface area contributed by atoms with Crippen molar-refractivity contribution in [2.75, 3.05) is 11.1 Å². The van der Waals surface area contributed by atoms with Gasteiger partial charge in [0.1, 0.15) is 23.7 Å². The smallest absolute Gasteiger partial charge is 0.275 e. The molecule has 2 atom stereocenters. The number of rotatable bonds is 3. The van der Waals surface area contributed by atoms with Gasteiger partial charge in [0.2, 0.25) is 0 Å². The van der Waals surface area contributed by atoms with Gasteiger partial charge in [-0.15, -0.1) is 0 Å². The van der Waals surface area contributed by atoms with Crippen LogP contribution in [0.15, 0.2) is 35.4 Å². The molecule has 7 heteroatoms. The first-order chi connectivity index (χ1) is 13.0. The molecule has 5 rings (SSSR count). The van der Waals surface area contributed by atoms with Gasteiger partial charge >= 0.3 is 0 Å². The number of carbonyl (C=O) groups excluding carboxylic acids is 1. The average molecular weight is 363 g/mol. The molecule has 1 aliphatic heterocycles. The molecule has 0 saturated heterocycles. The van der Waals surface area contributed by atoms with Crippen LogP contribution in [-0.4, -0.2) is 20.3 Å². The van der Waals surface area contributed by atoms with Crippen molar-refractivity contribution in [1.29, 1.82) is 0 Å². The fourth-order valence-electron chi connectivity index (χ4n) is 4.62. The molecular weight excluding hydrogens is 342 g/mol. The maximum atomic E-state index is 13.3. The SMILES string of the molecule is Cc1cc(Nc2cc(N)ncn2)c(=O)n2c1C(=O)CC21C=CC(C2CC2)C1. The highest BCUT2D eigenvalue weighted by atomic mass is 16.1. The molecule has 2 unspecified atom stereocenters. The summed E-state index contributed by atoms with van der Waals surface area (Å²) in [6.45, 7) is 1.87. The monoisotopic (exact) mass is 363 g/mol. The number of fused-ring (bicyclic) bond motifs is 2. The molecular formula is C20H21N5O2. The zero-order chi connectivity index (χ0) is 18.8. The van der Waals surface area contributed by atoms with E-state index in [2.05, 4.69) is 27.4 Å². The van der Waals surface area contributed by atoms with Gasteiger partial charge in [0.15, 0.2) is 5.78 Å². The molecule has 1 saturated carbocycles. The Morgan fingerprint density at radius 2 is 2.07 bits per heavy atom. The third-order valence-electron chi connectivity index (χ3n) is 5.99. The van der Waals surface area contributed by atoms with Crippen molar-refractivity contribution in [1.82, 2.24) is 14.5 Å². The van der Waals surface area contributed by atoms with E-state index < -0.39 is 5.54 Å². The fourth-order valence-corrected chi connectivity index (χ4v) is 4.62. The van der Waals surface area contributed by atoms with Crippen LogP contribution in [0.2, 0.25) is 0 Å². The van der Waals surface area contributed by atoms with E-state index in [-0.39, 0.29) is 11.3 Å². The molecule has 3 N–H and O–H groups in total. The maximum absolute atomic E-state index is 13.3. The van der Waals surface area contributed by atoms with Crippen LogP contribution in [0.25, 0.3) is 0 Å². The van der Waals surface area contributed by atoms with E-state index in [4.69, 9.17) is 5.73 Å². The average Bonchev–Trinajstić information content (AvgIpc) is 3.32. The molecule has 2 aromatic heterocycles. The zero-order valence-electron chi connectivity index (χ0n) is 15.1. The Morgan fingerprint density at radius 3 is 2.81 bits per heavy atom. The number of Topliss-reactive ketones (excluding diaryl/α,β-unsaturated/α-hetero) is 1. The summed E-state index contributed by atoms with van der Waals surface area (Å²) in [6.07, 6.45) is 9.35. The Kier molecular flexibility index (Phi) is 3.32. The molecule has 27 heavy (non-hydrogen) atoms. The van der Waals surface area contributed by atoms with Crippen LogP contribution in [0.5, 0.6) is 0 Å². The highest BCUT2D eigenvalue weighted by molar-refractivity contribution is 5.99. The van der Waals surface area contributed by atoms with E-state index in [9.17, 15) is 9.59 Å². The van der Waals surface area contributed by atoms with Crippen molar-refractivity contribution >= 4 is 23.1 Å². The molecule has 2 aliphatic carbocycles. The lowest BCUT2D eigenvalue weighted by Crippen LogP contribution is -2.37. The normalized spacial score (nSPS) is 26.0. The Hall–Kier alpha value is -2.96. The van der Waals surface area contributed by atoms with Gasteiger partial charge in [0.25, 0.3) is 5.56 Å². The predicted octanol–water partition coefficient (Wildman–Crippen LogP) is 2.54.